The number of benzene rings is 1. The van der Waals surface area contributed by atoms with Gasteiger partial charge in [0.05, 0.1) is 27.6 Å². The summed E-state index contributed by atoms with van der Waals surface area (Å²) in [5.41, 5.74) is 1.24. The molecule has 0 aliphatic rings. The van der Waals surface area contributed by atoms with Crippen LogP contribution in [0.25, 0.3) is 0 Å². The lowest BCUT2D eigenvalue weighted by atomic mass is 10.1. The molecule has 0 saturated carbocycles. The predicted octanol–water partition coefficient (Wildman–Crippen LogP) is 5.01. The van der Waals surface area contributed by atoms with Crippen LogP contribution >= 0.6 is 46.4 Å². The lowest BCUT2D eigenvalue weighted by Crippen LogP contribution is -2.15. The summed E-state index contributed by atoms with van der Waals surface area (Å²) in [5, 5.41) is 11.0. The van der Waals surface area contributed by atoms with Crippen molar-refractivity contribution in [1.82, 2.24) is 4.98 Å². The van der Waals surface area contributed by atoms with Crippen LogP contribution in [0.4, 0.5) is 5.69 Å². The van der Waals surface area contributed by atoms with E-state index in [0.717, 1.165) is 5.56 Å². The van der Waals surface area contributed by atoms with Crippen molar-refractivity contribution in [1.29, 1.82) is 5.26 Å². The van der Waals surface area contributed by atoms with Crippen molar-refractivity contribution in [3.8, 4) is 6.07 Å². The highest BCUT2D eigenvalue weighted by Crippen LogP contribution is 2.36. The number of hydrogen-bond acceptors (Lipinski definition) is 3. The Balaban J connectivity index is 2.24. The van der Waals surface area contributed by atoms with Crippen molar-refractivity contribution in [2.24, 2.45) is 0 Å². The number of pyridine rings is 1. The van der Waals surface area contributed by atoms with Gasteiger partial charge in [-0.25, -0.2) is 4.98 Å². The number of carbonyl (C=O) groups excluding carboxylic acids is 1. The summed E-state index contributed by atoms with van der Waals surface area (Å²) in [4.78, 5) is 16.0. The lowest BCUT2D eigenvalue weighted by molar-refractivity contribution is 0.102. The first-order chi connectivity index (χ1) is 10.4. The van der Waals surface area contributed by atoms with Crippen LogP contribution in [0.15, 0.2) is 24.3 Å². The second-order valence-electron chi connectivity index (χ2n) is 4.18. The van der Waals surface area contributed by atoms with E-state index in [2.05, 4.69) is 10.3 Å². The van der Waals surface area contributed by atoms with Crippen LogP contribution in [0.3, 0.4) is 0 Å². The quantitative estimate of drug-likeness (QED) is 0.767. The Labute approximate surface area is 146 Å². The van der Waals surface area contributed by atoms with Crippen molar-refractivity contribution in [3.05, 3.63) is 55.7 Å². The standard InChI is InChI=1S/C14H7Cl4N3O/c15-9-10(16)12(21-13(18)11(9)17)14(22)20-8-3-1-7(2-4-8)5-6-19/h1-4H,5H2,(H,20,22). The van der Waals surface area contributed by atoms with Gasteiger partial charge in [-0.15, -0.1) is 0 Å². The highest BCUT2D eigenvalue weighted by molar-refractivity contribution is 6.52. The van der Waals surface area contributed by atoms with E-state index in [1.807, 2.05) is 6.07 Å². The Morgan fingerprint density at radius 2 is 1.73 bits per heavy atom. The normalized spacial score (nSPS) is 10.1. The van der Waals surface area contributed by atoms with Gasteiger partial charge in [-0.05, 0) is 17.7 Å². The van der Waals surface area contributed by atoms with Crippen LogP contribution in [0.1, 0.15) is 16.1 Å². The second-order valence-corrected chi connectivity index (χ2v) is 5.67. The van der Waals surface area contributed by atoms with Crippen LogP contribution in [0.5, 0.6) is 0 Å². The van der Waals surface area contributed by atoms with Crippen LogP contribution in [0.2, 0.25) is 20.2 Å². The maximum Gasteiger partial charge on any atom is 0.275 e. The molecule has 112 valence electrons. The minimum atomic E-state index is -0.571. The molecule has 0 fully saturated rings. The number of amides is 1. The monoisotopic (exact) mass is 373 g/mol. The van der Waals surface area contributed by atoms with Gasteiger partial charge in [-0.3, -0.25) is 4.79 Å². The van der Waals surface area contributed by atoms with E-state index in [1.165, 1.54) is 0 Å². The largest absolute Gasteiger partial charge is 0.321 e. The smallest absolute Gasteiger partial charge is 0.275 e. The molecule has 1 aromatic heterocycles. The van der Waals surface area contributed by atoms with Gasteiger partial charge in [0.1, 0.15) is 10.8 Å². The fraction of sp³-hybridized carbons (Fsp3) is 0.0714. The van der Waals surface area contributed by atoms with Crippen molar-refractivity contribution >= 4 is 58.0 Å². The van der Waals surface area contributed by atoms with Crippen LogP contribution in [-0.2, 0) is 6.42 Å². The number of nitrogens with one attached hydrogen (secondary N) is 1. The molecule has 0 bridgehead atoms. The summed E-state index contributed by atoms with van der Waals surface area (Å²) in [7, 11) is 0. The minimum absolute atomic E-state index is 0.00857. The van der Waals surface area contributed by atoms with E-state index in [0.29, 0.717) is 12.1 Å². The van der Waals surface area contributed by atoms with E-state index in [1.54, 1.807) is 24.3 Å². The Hall–Kier alpha value is -1.51. The van der Waals surface area contributed by atoms with Gasteiger partial charge in [0.25, 0.3) is 5.91 Å². The van der Waals surface area contributed by atoms with E-state index in [-0.39, 0.29) is 25.9 Å². The zero-order valence-corrected chi connectivity index (χ0v) is 13.9. The Bertz CT molecular complexity index is 769. The molecule has 0 radical (unpaired) electrons. The molecule has 8 heteroatoms. The number of halogens is 4. The maximum atomic E-state index is 12.2. The third kappa shape index (κ3) is 3.63. The van der Waals surface area contributed by atoms with Gasteiger partial charge >= 0.3 is 0 Å². The molecule has 22 heavy (non-hydrogen) atoms. The first kappa shape index (κ1) is 16.9. The highest BCUT2D eigenvalue weighted by atomic mass is 35.5. The highest BCUT2D eigenvalue weighted by Gasteiger charge is 2.20. The third-order valence-corrected chi connectivity index (χ3v) is 4.37. The van der Waals surface area contributed by atoms with Gasteiger partial charge < -0.3 is 5.32 Å². The van der Waals surface area contributed by atoms with Gasteiger partial charge in [0, 0.05) is 5.69 Å². The molecule has 1 amide bonds. The summed E-state index contributed by atoms with van der Waals surface area (Å²) in [6, 6.07) is 8.83. The summed E-state index contributed by atoms with van der Waals surface area (Å²) < 4.78 is 0. The molecule has 0 aliphatic heterocycles. The summed E-state index contributed by atoms with van der Waals surface area (Å²) in [6.45, 7) is 0. The molecular formula is C14H7Cl4N3O. The molecule has 0 aliphatic carbocycles. The fourth-order valence-electron chi connectivity index (χ4n) is 1.63. The number of nitriles is 1. The molecule has 0 unspecified atom stereocenters. The number of aromatic nitrogens is 1. The molecule has 1 N–H and O–H groups in total. The first-order valence-corrected chi connectivity index (χ1v) is 7.42. The molecule has 2 aromatic rings. The van der Waals surface area contributed by atoms with Crippen LogP contribution in [-0.4, -0.2) is 10.9 Å². The van der Waals surface area contributed by atoms with Crippen molar-refractivity contribution in [2.45, 2.75) is 6.42 Å². The molecular weight excluding hydrogens is 368 g/mol. The topological polar surface area (TPSA) is 65.8 Å². The zero-order valence-electron chi connectivity index (χ0n) is 10.8. The predicted molar refractivity (Wildman–Crippen MR) is 88.0 cm³/mol. The molecule has 2 rings (SSSR count). The first-order valence-electron chi connectivity index (χ1n) is 5.91. The molecule has 0 spiro atoms. The van der Waals surface area contributed by atoms with Crippen molar-refractivity contribution in [3.63, 3.8) is 0 Å². The van der Waals surface area contributed by atoms with Gasteiger partial charge in [0.15, 0.2) is 0 Å². The Morgan fingerprint density at radius 1 is 1.09 bits per heavy atom. The number of carbonyl (C=O) groups is 1. The number of anilines is 1. The van der Waals surface area contributed by atoms with Crippen molar-refractivity contribution in [2.75, 3.05) is 5.32 Å². The number of rotatable bonds is 3. The molecule has 0 atom stereocenters. The van der Waals surface area contributed by atoms with E-state index < -0.39 is 5.91 Å². The van der Waals surface area contributed by atoms with E-state index in [4.69, 9.17) is 51.7 Å². The van der Waals surface area contributed by atoms with E-state index in [9.17, 15) is 4.79 Å². The summed E-state index contributed by atoms with van der Waals surface area (Å²) >= 11 is 23.5. The van der Waals surface area contributed by atoms with Gasteiger partial charge in [-0.2, -0.15) is 5.26 Å². The fourth-order valence-corrected chi connectivity index (χ4v) is 2.44. The number of nitrogens with zero attached hydrogens (tertiary/aromatic N) is 2. The maximum absolute atomic E-state index is 12.2. The molecule has 0 saturated heterocycles. The lowest BCUT2D eigenvalue weighted by Gasteiger charge is -2.09. The third-order valence-electron chi connectivity index (χ3n) is 2.69. The minimum Gasteiger partial charge on any atom is -0.321 e. The van der Waals surface area contributed by atoms with Crippen LogP contribution < -0.4 is 5.32 Å². The number of hydrogen-bond donors (Lipinski definition) is 1. The Kier molecular flexibility index (Phi) is 5.49. The average Bonchev–Trinajstić information content (AvgIpc) is 2.51. The summed E-state index contributed by atoms with van der Waals surface area (Å²) in [6.07, 6.45) is 0.296. The van der Waals surface area contributed by atoms with Gasteiger partial charge in [0.2, 0.25) is 0 Å². The van der Waals surface area contributed by atoms with E-state index >= 15 is 0 Å². The Morgan fingerprint density at radius 3 is 2.32 bits per heavy atom. The van der Waals surface area contributed by atoms with Gasteiger partial charge in [-0.1, -0.05) is 58.5 Å². The summed E-state index contributed by atoms with van der Waals surface area (Å²) in [5.74, 6) is -0.571. The van der Waals surface area contributed by atoms with Crippen LogP contribution in [0, 0.1) is 11.3 Å². The van der Waals surface area contributed by atoms with Crippen molar-refractivity contribution < 1.29 is 4.79 Å². The molecule has 1 aromatic carbocycles. The second kappa shape index (κ2) is 7.17. The molecule has 4 nitrogen and oxygen atoms in total. The SMILES string of the molecule is N#CCc1ccc(NC(=O)c2nc(Cl)c(Cl)c(Cl)c2Cl)cc1. The molecule has 1 heterocycles. The zero-order chi connectivity index (χ0) is 16.3. The average molecular weight is 375 g/mol.